The van der Waals surface area contributed by atoms with Gasteiger partial charge in [-0.25, -0.2) is 4.99 Å². The summed E-state index contributed by atoms with van der Waals surface area (Å²) in [6, 6.07) is 8.45. The van der Waals surface area contributed by atoms with Crippen molar-refractivity contribution in [2.24, 2.45) is 4.99 Å². The fourth-order valence-corrected chi connectivity index (χ4v) is 2.13. The van der Waals surface area contributed by atoms with Crippen molar-refractivity contribution in [3.63, 3.8) is 0 Å². The van der Waals surface area contributed by atoms with E-state index in [1.54, 1.807) is 18.3 Å². The molecule has 2 aromatic rings. The number of guanidine groups is 1. The van der Waals surface area contributed by atoms with Crippen LogP contribution in [0.1, 0.15) is 18.2 Å². The number of hydrogen-bond acceptors (Lipinski definition) is 3. The minimum Gasteiger partial charge on any atom is -0.435 e. The normalized spacial score (nSPS) is 11.6. The molecule has 0 aliphatic carbocycles. The first-order chi connectivity index (χ1) is 11.6. The summed E-state index contributed by atoms with van der Waals surface area (Å²) in [7, 11) is 1.91. The quantitative estimate of drug-likeness (QED) is 0.602. The molecule has 1 aromatic heterocycles. The van der Waals surface area contributed by atoms with E-state index in [2.05, 4.69) is 25.2 Å². The van der Waals surface area contributed by atoms with Gasteiger partial charge in [-0.1, -0.05) is 12.1 Å². The number of aromatic amines is 1. The number of aromatic nitrogens is 2. The molecule has 0 atom stereocenters. The number of nitrogens with zero attached hydrogens (tertiary/aromatic N) is 3. The fraction of sp³-hybridized carbons (Fsp3) is 0.375. The SMILES string of the molecule is CCNC(=NCc1ccn[nH]1)N(C)Cc1ccc(OC(F)F)cc1. The van der Waals surface area contributed by atoms with E-state index in [0.717, 1.165) is 23.8 Å². The van der Waals surface area contributed by atoms with Crippen molar-refractivity contribution in [1.82, 2.24) is 20.4 Å². The molecule has 0 aliphatic rings. The Kier molecular flexibility index (Phi) is 6.53. The van der Waals surface area contributed by atoms with Gasteiger partial charge in [0.25, 0.3) is 0 Å². The van der Waals surface area contributed by atoms with Gasteiger partial charge in [0.1, 0.15) is 5.75 Å². The highest BCUT2D eigenvalue weighted by molar-refractivity contribution is 5.79. The second-order valence-corrected chi connectivity index (χ2v) is 5.13. The molecule has 2 rings (SSSR count). The van der Waals surface area contributed by atoms with Crippen LogP contribution in [0.3, 0.4) is 0 Å². The van der Waals surface area contributed by atoms with E-state index in [4.69, 9.17) is 0 Å². The van der Waals surface area contributed by atoms with Gasteiger partial charge in [-0.2, -0.15) is 13.9 Å². The zero-order valence-corrected chi connectivity index (χ0v) is 13.7. The number of aliphatic imine (C=N–C) groups is 1. The lowest BCUT2D eigenvalue weighted by molar-refractivity contribution is -0.0498. The first kappa shape index (κ1) is 17.7. The van der Waals surface area contributed by atoms with Gasteiger partial charge >= 0.3 is 6.61 Å². The van der Waals surface area contributed by atoms with Crippen LogP contribution >= 0.6 is 0 Å². The molecule has 0 saturated heterocycles. The maximum Gasteiger partial charge on any atom is 0.387 e. The van der Waals surface area contributed by atoms with Crippen molar-refractivity contribution in [2.75, 3.05) is 13.6 Å². The summed E-state index contributed by atoms with van der Waals surface area (Å²) in [6.45, 7) is 1.01. The van der Waals surface area contributed by atoms with Crippen molar-refractivity contribution < 1.29 is 13.5 Å². The molecule has 130 valence electrons. The third kappa shape index (κ3) is 5.53. The van der Waals surface area contributed by atoms with E-state index in [1.807, 2.05) is 24.9 Å². The molecule has 6 nitrogen and oxygen atoms in total. The smallest absolute Gasteiger partial charge is 0.387 e. The van der Waals surface area contributed by atoms with E-state index in [-0.39, 0.29) is 5.75 Å². The predicted molar refractivity (Wildman–Crippen MR) is 87.9 cm³/mol. The highest BCUT2D eigenvalue weighted by Gasteiger charge is 2.08. The first-order valence-electron chi connectivity index (χ1n) is 7.60. The van der Waals surface area contributed by atoms with Crippen molar-refractivity contribution >= 4 is 5.96 Å². The van der Waals surface area contributed by atoms with E-state index in [9.17, 15) is 8.78 Å². The van der Waals surface area contributed by atoms with Gasteiger partial charge in [-0.15, -0.1) is 0 Å². The molecule has 24 heavy (non-hydrogen) atoms. The molecule has 1 heterocycles. The number of ether oxygens (including phenoxy) is 1. The summed E-state index contributed by atoms with van der Waals surface area (Å²) in [5.41, 5.74) is 1.89. The highest BCUT2D eigenvalue weighted by Crippen LogP contribution is 2.15. The Balaban J connectivity index is 1.98. The van der Waals surface area contributed by atoms with Crippen LogP contribution in [0.2, 0.25) is 0 Å². The predicted octanol–water partition coefficient (Wildman–Crippen LogP) is 2.61. The number of nitrogens with one attached hydrogen (secondary N) is 2. The Labute approximate surface area is 139 Å². The maximum absolute atomic E-state index is 12.2. The van der Waals surface area contributed by atoms with E-state index in [0.29, 0.717) is 13.1 Å². The maximum atomic E-state index is 12.2. The van der Waals surface area contributed by atoms with Gasteiger partial charge in [0.05, 0.1) is 12.2 Å². The molecule has 0 fully saturated rings. The Hall–Kier alpha value is -2.64. The van der Waals surface area contributed by atoms with E-state index < -0.39 is 6.61 Å². The molecule has 0 amide bonds. The first-order valence-corrected chi connectivity index (χ1v) is 7.60. The van der Waals surface area contributed by atoms with Gasteiger partial charge in [0.15, 0.2) is 5.96 Å². The van der Waals surface area contributed by atoms with Crippen LogP contribution in [0.5, 0.6) is 5.75 Å². The molecule has 0 radical (unpaired) electrons. The Bertz CT molecular complexity index is 628. The van der Waals surface area contributed by atoms with Gasteiger partial charge in [0.2, 0.25) is 0 Å². The van der Waals surface area contributed by atoms with Gasteiger partial charge in [-0.3, -0.25) is 5.10 Å². The minimum atomic E-state index is -2.81. The number of alkyl halides is 2. The number of H-pyrrole nitrogens is 1. The van der Waals surface area contributed by atoms with Crippen LogP contribution in [-0.4, -0.2) is 41.3 Å². The van der Waals surface area contributed by atoms with Crippen molar-refractivity contribution in [3.8, 4) is 5.75 Å². The lowest BCUT2D eigenvalue weighted by Gasteiger charge is -2.22. The number of benzene rings is 1. The number of halogens is 2. The van der Waals surface area contributed by atoms with Crippen LogP contribution in [0.25, 0.3) is 0 Å². The summed E-state index contributed by atoms with van der Waals surface area (Å²) >= 11 is 0. The van der Waals surface area contributed by atoms with Crippen molar-refractivity contribution in [1.29, 1.82) is 0 Å². The molecule has 0 unspecified atom stereocenters. The highest BCUT2D eigenvalue weighted by atomic mass is 19.3. The molecule has 0 spiro atoms. The van der Waals surface area contributed by atoms with Crippen LogP contribution < -0.4 is 10.1 Å². The summed E-state index contributed by atoms with van der Waals surface area (Å²) in [6.07, 6.45) is 1.69. The summed E-state index contributed by atoms with van der Waals surface area (Å²) in [5.74, 6) is 0.899. The molecule has 0 bridgehead atoms. The van der Waals surface area contributed by atoms with E-state index in [1.165, 1.54) is 12.1 Å². The summed E-state index contributed by atoms with van der Waals surface area (Å²) in [4.78, 5) is 6.51. The number of hydrogen-bond donors (Lipinski definition) is 2. The molecule has 0 saturated carbocycles. The molecule has 0 aliphatic heterocycles. The largest absolute Gasteiger partial charge is 0.435 e. The molecular weight excluding hydrogens is 316 g/mol. The molecular formula is C16H21F2N5O. The van der Waals surface area contributed by atoms with Crippen LogP contribution in [-0.2, 0) is 13.1 Å². The minimum absolute atomic E-state index is 0.149. The molecule has 1 aromatic carbocycles. The van der Waals surface area contributed by atoms with Crippen molar-refractivity contribution in [2.45, 2.75) is 26.6 Å². The molecule has 8 heteroatoms. The third-order valence-corrected chi connectivity index (χ3v) is 3.22. The van der Waals surface area contributed by atoms with Gasteiger partial charge in [-0.05, 0) is 30.7 Å². The van der Waals surface area contributed by atoms with Crippen molar-refractivity contribution in [3.05, 3.63) is 47.8 Å². The van der Waals surface area contributed by atoms with Gasteiger partial charge in [0, 0.05) is 26.3 Å². The Morgan fingerprint density at radius 1 is 1.33 bits per heavy atom. The lowest BCUT2D eigenvalue weighted by Crippen LogP contribution is -2.38. The zero-order chi connectivity index (χ0) is 17.4. The third-order valence-electron chi connectivity index (χ3n) is 3.22. The standard InChI is InChI=1S/C16H21F2N5O/c1-3-19-16(20-10-13-8-9-21-22-13)23(2)11-12-4-6-14(7-5-12)24-15(17)18/h4-9,15H,3,10-11H2,1-2H3,(H,19,20)(H,21,22). The summed E-state index contributed by atoms with van der Waals surface area (Å²) < 4.78 is 28.7. The topological polar surface area (TPSA) is 65.5 Å². The lowest BCUT2D eigenvalue weighted by atomic mass is 10.2. The van der Waals surface area contributed by atoms with Crippen LogP contribution in [0.15, 0.2) is 41.5 Å². The fourth-order valence-electron chi connectivity index (χ4n) is 2.13. The second-order valence-electron chi connectivity index (χ2n) is 5.13. The van der Waals surface area contributed by atoms with E-state index >= 15 is 0 Å². The second kappa shape index (κ2) is 8.85. The average Bonchev–Trinajstić information content (AvgIpc) is 3.06. The Morgan fingerprint density at radius 2 is 2.08 bits per heavy atom. The summed E-state index contributed by atoms with van der Waals surface area (Å²) in [5, 5.41) is 9.98. The molecule has 2 N–H and O–H groups in total. The van der Waals surface area contributed by atoms with Crippen LogP contribution in [0.4, 0.5) is 8.78 Å². The van der Waals surface area contributed by atoms with Crippen LogP contribution in [0, 0.1) is 0 Å². The Morgan fingerprint density at radius 3 is 2.67 bits per heavy atom. The number of rotatable bonds is 7. The average molecular weight is 337 g/mol. The van der Waals surface area contributed by atoms with Gasteiger partial charge < -0.3 is 15.0 Å². The zero-order valence-electron chi connectivity index (χ0n) is 13.7. The monoisotopic (exact) mass is 337 g/mol.